The summed E-state index contributed by atoms with van der Waals surface area (Å²) >= 11 is 6.00. The number of hydrogen-bond acceptors (Lipinski definition) is 4. The zero-order chi connectivity index (χ0) is 12.8. The fourth-order valence-corrected chi connectivity index (χ4v) is 1.79. The first-order chi connectivity index (χ1) is 8.13. The van der Waals surface area contributed by atoms with Gasteiger partial charge < -0.3 is 15.2 Å². The fraction of sp³-hybridized carbons (Fsp3) is 0.417. The first-order valence-electron chi connectivity index (χ1n) is 5.22. The van der Waals surface area contributed by atoms with Crippen molar-refractivity contribution in [1.82, 2.24) is 0 Å². The van der Waals surface area contributed by atoms with Crippen LogP contribution in [-0.4, -0.2) is 26.5 Å². The molecular formula is C12H16ClNO3. The Bertz CT molecular complexity index is 407. The van der Waals surface area contributed by atoms with Gasteiger partial charge in [-0.25, -0.2) is 0 Å². The summed E-state index contributed by atoms with van der Waals surface area (Å²) in [5.41, 5.74) is 6.68. The van der Waals surface area contributed by atoms with Gasteiger partial charge in [0, 0.05) is 19.1 Å². The van der Waals surface area contributed by atoms with Gasteiger partial charge in [0.05, 0.1) is 18.7 Å². The number of hydrogen-bond donors (Lipinski definition) is 1. The van der Waals surface area contributed by atoms with E-state index in [1.165, 1.54) is 7.11 Å². The fourth-order valence-electron chi connectivity index (χ4n) is 1.55. The number of carbonyl (C=O) groups excluding carboxylic acids is 1. The molecule has 0 aliphatic carbocycles. The third-order valence-corrected chi connectivity index (χ3v) is 2.64. The van der Waals surface area contributed by atoms with Crippen LogP contribution >= 0.6 is 11.6 Å². The van der Waals surface area contributed by atoms with Crippen molar-refractivity contribution in [3.63, 3.8) is 0 Å². The molecule has 0 unspecified atom stereocenters. The first-order valence-corrected chi connectivity index (χ1v) is 5.60. The highest BCUT2D eigenvalue weighted by molar-refractivity contribution is 6.32. The van der Waals surface area contributed by atoms with E-state index >= 15 is 0 Å². The molecular weight excluding hydrogens is 242 g/mol. The normalized spacial score (nSPS) is 10.4. The number of carbonyl (C=O) groups is 1. The molecule has 0 saturated heterocycles. The minimum atomic E-state index is -0.0379. The lowest BCUT2D eigenvalue weighted by molar-refractivity contribution is 0.0980. The summed E-state index contributed by atoms with van der Waals surface area (Å²) in [5, 5.41) is 0.410. The number of halogens is 1. The largest absolute Gasteiger partial charge is 0.495 e. The highest BCUT2D eigenvalue weighted by Crippen LogP contribution is 2.29. The van der Waals surface area contributed by atoms with E-state index in [9.17, 15) is 4.79 Å². The Labute approximate surface area is 106 Å². The third kappa shape index (κ3) is 3.43. The van der Waals surface area contributed by atoms with Gasteiger partial charge in [-0.05, 0) is 24.2 Å². The van der Waals surface area contributed by atoms with Crippen LogP contribution in [0.15, 0.2) is 12.1 Å². The molecule has 0 radical (unpaired) electrons. The SMILES string of the molecule is COCc1cc(OC)c(Cl)cc1C(=O)CCN. The number of Topliss-reactive ketones (excluding diaryl/α,β-unsaturated/α-hetero) is 1. The maximum Gasteiger partial charge on any atom is 0.164 e. The molecule has 0 bridgehead atoms. The van der Waals surface area contributed by atoms with Gasteiger partial charge in [0.1, 0.15) is 5.75 Å². The molecule has 5 heteroatoms. The van der Waals surface area contributed by atoms with E-state index in [4.69, 9.17) is 26.8 Å². The minimum absolute atomic E-state index is 0.0379. The molecule has 1 aromatic carbocycles. The Morgan fingerprint density at radius 1 is 1.41 bits per heavy atom. The van der Waals surface area contributed by atoms with Gasteiger partial charge in [0.2, 0.25) is 0 Å². The monoisotopic (exact) mass is 257 g/mol. The summed E-state index contributed by atoms with van der Waals surface area (Å²) in [6, 6.07) is 3.32. The average Bonchev–Trinajstić information content (AvgIpc) is 2.31. The van der Waals surface area contributed by atoms with Gasteiger partial charge in [-0.3, -0.25) is 4.79 Å². The van der Waals surface area contributed by atoms with Crippen LogP contribution in [-0.2, 0) is 11.3 Å². The molecule has 0 spiro atoms. The van der Waals surface area contributed by atoms with Crippen molar-refractivity contribution >= 4 is 17.4 Å². The molecule has 0 aromatic heterocycles. The van der Waals surface area contributed by atoms with Crippen LogP contribution in [0.2, 0.25) is 5.02 Å². The van der Waals surface area contributed by atoms with E-state index in [-0.39, 0.29) is 5.78 Å². The van der Waals surface area contributed by atoms with Crippen LogP contribution in [0.4, 0.5) is 0 Å². The molecule has 94 valence electrons. The lowest BCUT2D eigenvalue weighted by Gasteiger charge is -2.11. The molecule has 0 saturated carbocycles. The van der Waals surface area contributed by atoms with E-state index in [1.54, 1.807) is 19.2 Å². The highest BCUT2D eigenvalue weighted by atomic mass is 35.5. The smallest absolute Gasteiger partial charge is 0.164 e. The van der Waals surface area contributed by atoms with Crippen molar-refractivity contribution in [2.45, 2.75) is 13.0 Å². The van der Waals surface area contributed by atoms with Crippen molar-refractivity contribution < 1.29 is 14.3 Å². The average molecular weight is 258 g/mol. The Balaban J connectivity index is 3.17. The molecule has 0 aliphatic heterocycles. The van der Waals surface area contributed by atoms with Gasteiger partial charge in [-0.1, -0.05) is 11.6 Å². The number of nitrogens with two attached hydrogens (primary N) is 1. The van der Waals surface area contributed by atoms with Gasteiger partial charge in [0.25, 0.3) is 0 Å². The lowest BCUT2D eigenvalue weighted by atomic mass is 10.0. The Morgan fingerprint density at radius 2 is 2.12 bits per heavy atom. The second-order valence-corrected chi connectivity index (χ2v) is 3.95. The second-order valence-electron chi connectivity index (χ2n) is 3.54. The molecule has 2 N–H and O–H groups in total. The summed E-state index contributed by atoms with van der Waals surface area (Å²) in [6.45, 7) is 0.647. The summed E-state index contributed by atoms with van der Waals surface area (Å²) < 4.78 is 10.2. The van der Waals surface area contributed by atoms with E-state index in [0.29, 0.717) is 35.9 Å². The summed E-state index contributed by atoms with van der Waals surface area (Å²) in [7, 11) is 3.09. The summed E-state index contributed by atoms with van der Waals surface area (Å²) in [6.07, 6.45) is 0.291. The number of rotatable bonds is 6. The van der Waals surface area contributed by atoms with E-state index < -0.39 is 0 Å². The molecule has 0 aliphatic rings. The minimum Gasteiger partial charge on any atom is -0.495 e. The molecule has 0 atom stereocenters. The van der Waals surface area contributed by atoms with Crippen molar-refractivity contribution in [2.75, 3.05) is 20.8 Å². The zero-order valence-corrected chi connectivity index (χ0v) is 10.7. The molecule has 0 heterocycles. The molecule has 1 rings (SSSR count). The van der Waals surface area contributed by atoms with E-state index in [2.05, 4.69) is 0 Å². The molecule has 0 fully saturated rings. The molecule has 4 nitrogen and oxygen atoms in total. The maximum absolute atomic E-state index is 11.9. The van der Waals surface area contributed by atoms with Gasteiger partial charge >= 0.3 is 0 Å². The van der Waals surface area contributed by atoms with E-state index in [0.717, 1.165) is 5.56 Å². The standard InChI is InChI=1S/C12H16ClNO3/c1-16-7-8-5-12(17-2)10(13)6-9(8)11(15)3-4-14/h5-6H,3-4,7,14H2,1-2H3. The van der Waals surface area contributed by atoms with E-state index in [1.807, 2.05) is 0 Å². The molecule has 1 aromatic rings. The lowest BCUT2D eigenvalue weighted by Crippen LogP contribution is -2.11. The number of methoxy groups -OCH3 is 2. The van der Waals surface area contributed by atoms with Gasteiger partial charge in [-0.15, -0.1) is 0 Å². The topological polar surface area (TPSA) is 61.5 Å². The van der Waals surface area contributed by atoms with Crippen molar-refractivity contribution in [1.29, 1.82) is 0 Å². The van der Waals surface area contributed by atoms with Crippen LogP contribution < -0.4 is 10.5 Å². The van der Waals surface area contributed by atoms with Crippen LogP contribution in [0.3, 0.4) is 0 Å². The number of ether oxygens (including phenoxy) is 2. The van der Waals surface area contributed by atoms with Crippen molar-refractivity contribution in [3.05, 3.63) is 28.3 Å². The van der Waals surface area contributed by atoms with Crippen LogP contribution in [0.1, 0.15) is 22.3 Å². The Hall–Kier alpha value is -1.10. The molecule has 0 amide bonds. The van der Waals surface area contributed by atoms with Crippen molar-refractivity contribution in [3.8, 4) is 5.75 Å². The van der Waals surface area contributed by atoms with Crippen LogP contribution in [0.25, 0.3) is 0 Å². The Morgan fingerprint density at radius 3 is 2.65 bits per heavy atom. The zero-order valence-electron chi connectivity index (χ0n) is 9.96. The highest BCUT2D eigenvalue weighted by Gasteiger charge is 2.14. The predicted octanol–water partition coefficient (Wildman–Crippen LogP) is 2.03. The van der Waals surface area contributed by atoms with Crippen molar-refractivity contribution in [2.24, 2.45) is 5.73 Å². The summed E-state index contributed by atoms with van der Waals surface area (Å²) in [5.74, 6) is 0.493. The Kier molecular flexibility index (Phi) is 5.41. The molecule has 17 heavy (non-hydrogen) atoms. The number of benzene rings is 1. The number of ketones is 1. The third-order valence-electron chi connectivity index (χ3n) is 2.35. The van der Waals surface area contributed by atoms with Gasteiger partial charge in [-0.2, -0.15) is 0 Å². The van der Waals surface area contributed by atoms with Crippen LogP contribution in [0, 0.1) is 0 Å². The summed E-state index contributed by atoms with van der Waals surface area (Å²) in [4.78, 5) is 11.9. The maximum atomic E-state index is 11.9. The predicted molar refractivity (Wildman–Crippen MR) is 66.7 cm³/mol. The first kappa shape index (κ1) is 14.0. The second kappa shape index (κ2) is 6.59. The quantitative estimate of drug-likeness (QED) is 0.792. The van der Waals surface area contributed by atoms with Crippen LogP contribution in [0.5, 0.6) is 5.75 Å². The van der Waals surface area contributed by atoms with Gasteiger partial charge in [0.15, 0.2) is 5.78 Å².